The molecule has 1 saturated carbocycles. The molecule has 2 heteroatoms. The van der Waals surface area contributed by atoms with Crippen molar-refractivity contribution in [1.82, 2.24) is 10.2 Å². The summed E-state index contributed by atoms with van der Waals surface area (Å²) in [5.41, 5.74) is 0. The second-order valence-electron chi connectivity index (χ2n) is 4.60. The zero-order valence-electron chi connectivity index (χ0n) is 10.1. The van der Waals surface area contributed by atoms with Gasteiger partial charge >= 0.3 is 0 Å². The van der Waals surface area contributed by atoms with Crippen LogP contribution in [0.4, 0.5) is 0 Å². The fourth-order valence-corrected chi connectivity index (χ4v) is 1.95. The van der Waals surface area contributed by atoms with Crippen molar-refractivity contribution in [2.45, 2.75) is 58.0 Å². The van der Waals surface area contributed by atoms with E-state index in [9.17, 15) is 0 Å². The third-order valence-corrected chi connectivity index (χ3v) is 3.15. The van der Waals surface area contributed by atoms with Crippen LogP contribution in [0, 0.1) is 0 Å². The maximum atomic E-state index is 3.30. The lowest BCUT2D eigenvalue weighted by Gasteiger charge is -2.21. The zero-order chi connectivity index (χ0) is 10.4. The molecule has 0 spiro atoms. The highest BCUT2D eigenvalue weighted by atomic mass is 15.2. The number of rotatable bonds is 8. The maximum Gasteiger partial charge on any atom is 0.00964 e. The molecule has 0 aromatic rings. The SMILES string of the molecule is CCCN(CCCC(C)NC)C1CC1. The first kappa shape index (κ1) is 12.0. The summed E-state index contributed by atoms with van der Waals surface area (Å²) < 4.78 is 0. The third kappa shape index (κ3) is 4.43. The molecule has 0 saturated heterocycles. The van der Waals surface area contributed by atoms with Gasteiger partial charge in [-0.05, 0) is 59.2 Å². The Hall–Kier alpha value is -0.0800. The molecule has 0 heterocycles. The first-order valence-corrected chi connectivity index (χ1v) is 6.19. The largest absolute Gasteiger partial charge is 0.317 e. The Balaban J connectivity index is 2.07. The summed E-state index contributed by atoms with van der Waals surface area (Å²) in [4.78, 5) is 2.68. The number of nitrogens with one attached hydrogen (secondary N) is 1. The van der Waals surface area contributed by atoms with Crippen molar-refractivity contribution in [1.29, 1.82) is 0 Å². The van der Waals surface area contributed by atoms with E-state index >= 15 is 0 Å². The van der Waals surface area contributed by atoms with Crippen molar-refractivity contribution in [2.24, 2.45) is 0 Å². The van der Waals surface area contributed by atoms with Gasteiger partial charge in [-0.3, -0.25) is 0 Å². The van der Waals surface area contributed by atoms with E-state index in [1.165, 1.54) is 45.2 Å². The zero-order valence-corrected chi connectivity index (χ0v) is 10.1. The van der Waals surface area contributed by atoms with E-state index in [2.05, 4.69) is 31.1 Å². The summed E-state index contributed by atoms with van der Waals surface area (Å²) in [6.07, 6.45) is 6.85. The molecular weight excluding hydrogens is 172 g/mol. The minimum atomic E-state index is 0.678. The molecule has 0 amide bonds. The molecule has 1 unspecified atom stereocenters. The molecule has 1 atom stereocenters. The average molecular weight is 198 g/mol. The monoisotopic (exact) mass is 198 g/mol. The summed E-state index contributed by atoms with van der Waals surface area (Å²) in [6, 6.07) is 1.62. The summed E-state index contributed by atoms with van der Waals surface area (Å²) in [5.74, 6) is 0. The Bertz CT molecular complexity index is 143. The lowest BCUT2D eigenvalue weighted by atomic mass is 10.2. The molecule has 0 aromatic heterocycles. The first-order valence-electron chi connectivity index (χ1n) is 6.19. The number of hydrogen-bond acceptors (Lipinski definition) is 2. The highest BCUT2D eigenvalue weighted by Gasteiger charge is 2.27. The van der Waals surface area contributed by atoms with Crippen molar-refractivity contribution >= 4 is 0 Å². The van der Waals surface area contributed by atoms with Gasteiger partial charge in [0.1, 0.15) is 0 Å². The molecule has 1 N–H and O–H groups in total. The molecule has 0 bridgehead atoms. The van der Waals surface area contributed by atoms with E-state index < -0.39 is 0 Å². The van der Waals surface area contributed by atoms with E-state index in [1.807, 2.05) is 0 Å². The molecule has 84 valence electrons. The van der Waals surface area contributed by atoms with Gasteiger partial charge in [0.25, 0.3) is 0 Å². The Morgan fingerprint density at radius 2 is 2.07 bits per heavy atom. The van der Waals surface area contributed by atoms with Crippen LogP contribution in [-0.4, -0.2) is 37.1 Å². The first-order chi connectivity index (χ1) is 6.77. The standard InChI is InChI=1S/C12H26N2/c1-4-9-14(12-7-8-12)10-5-6-11(2)13-3/h11-13H,4-10H2,1-3H3. The van der Waals surface area contributed by atoms with Crippen LogP contribution < -0.4 is 5.32 Å². The van der Waals surface area contributed by atoms with E-state index in [-0.39, 0.29) is 0 Å². The van der Waals surface area contributed by atoms with Gasteiger partial charge in [0.15, 0.2) is 0 Å². The minimum Gasteiger partial charge on any atom is -0.317 e. The van der Waals surface area contributed by atoms with Crippen LogP contribution >= 0.6 is 0 Å². The van der Waals surface area contributed by atoms with Gasteiger partial charge in [0, 0.05) is 12.1 Å². The third-order valence-electron chi connectivity index (χ3n) is 3.15. The summed E-state index contributed by atoms with van der Waals surface area (Å²) >= 11 is 0. The molecular formula is C12H26N2. The fraction of sp³-hybridized carbons (Fsp3) is 1.00. The lowest BCUT2D eigenvalue weighted by molar-refractivity contribution is 0.255. The van der Waals surface area contributed by atoms with E-state index in [0.29, 0.717) is 6.04 Å². The van der Waals surface area contributed by atoms with Gasteiger partial charge in [-0.2, -0.15) is 0 Å². The van der Waals surface area contributed by atoms with Crippen molar-refractivity contribution in [2.75, 3.05) is 20.1 Å². The van der Waals surface area contributed by atoms with Crippen molar-refractivity contribution in [3.63, 3.8) is 0 Å². The van der Waals surface area contributed by atoms with Crippen LogP contribution in [-0.2, 0) is 0 Å². The van der Waals surface area contributed by atoms with Crippen molar-refractivity contribution < 1.29 is 0 Å². The van der Waals surface area contributed by atoms with E-state index in [0.717, 1.165) is 6.04 Å². The predicted molar refractivity (Wildman–Crippen MR) is 62.6 cm³/mol. The Kier molecular flexibility index (Phi) is 5.49. The molecule has 1 aliphatic carbocycles. The molecule has 1 aliphatic rings. The minimum absolute atomic E-state index is 0.678. The quantitative estimate of drug-likeness (QED) is 0.643. The maximum absolute atomic E-state index is 3.30. The van der Waals surface area contributed by atoms with Crippen LogP contribution in [0.1, 0.15) is 46.0 Å². The second kappa shape index (κ2) is 6.41. The van der Waals surface area contributed by atoms with E-state index in [4.69, 9.17) is 0 Å². The van der Waals surface area contributed by atoms with Crippen LogP contribution in [0.2, 0.25) is 0 Å². The second-order valence-corrected chi connectivity index (χ2v) is 4.60. The summed E-state index contributed by atoms with van der Waals surface area (Å²) in [6.45, 7) is 7.16. The summed E-state index contributed by atoms with van der Waals surface area (Å²) in [7, 11) is 2.05. The Morgan fingerprint density at radius 1 is 1.36 bits per heavy atom. The van der Waals surface area contributed by atoms with Crippen LogP contribution in [0.25, 0.3) is 0 Å². The molecule has 0 radical (unpaired) electrons. The Labute approximate surface area is 89.1 Å². The Morgan fingerprint density at radius 3 is 2.57 bits per heavy atom. The van der Waals surface area contributed by atoms with Gasteiger partial charge in [0.05, 0.1) is 0 Å². The van der Waals surface area contributed by atoms with Gasteiger partial charge in [-0.1, -0.05) is 6.92 Å². The molecule has 1 rings (SSSR count). The van der Waals surface area contributed by atoms with Crippen molar-refractivity contribution in [3.8, 4) is 0 Å². The normalized spacial score (nSPS) is 18.9. The van der Waals surface area contributed by atoms with Gasteiger partial charge < -0.3 is 10.2 Å². The topological polar surface area (TPSA) is 15.3 Å². The fourth-order valence-electron chi connectivity index (χ4n) is 1.95. The van der Waals surface area contributed by atoms with Crippen LogP contribution in [0.15, 0.2) is 0 Å². The van der Waals surface area contributed by atoms with Crippen molar-refractivity contribution in [3.05, 3.63) is 0 Å². The average Bonchev–Trinajstić information content (AvgIpc) is 2.99. The van der Waals surface area contributed by atoms with Crippen LogP contribution in [0.5, 0.6) is 0 Å². The smallest absolute Gasteiger partial charge is 0.00964 e. The van der Waals surface area contributed by atoms with Gasteiger partial charge in [-0.25, -0.2) is 0 Å². The highest BCUT2D eigenvalue weighted by molar-refractivity contribution is 4.84. The predicted octanol–water partition coefficient (Wildman–Crippen LogP) is 2.25. The molecule has 14 heavy (non-hydrogen) atoms. The number of nitrogens with zero attached hydrogens (tertiary/aromatic N) is 1. The summed E-state index contributed by atoms with van der Waals surface area (Å²) in [5, 5.41) is 3.30. The van der Waals surface area contributed by atoms with Gasteiger partial charge in [-0.15, -0.1) is 0 Å². The highest BCUT2D eigenvalue weighted by Crippen LogP contribution is 2.27. The molecule has 1 fully saturated rings. The number of hydrogen-bond donors (Lipinski definition) is 1. The molecule has 2 nitrogen and oxygen atoms in total. The van der Waals surface area contributed by atoms with E-state index in [1.54, 1.807) is 0 Å². The van der Waals surface area contributed by atoms with Gasteiger partial charge in [0.2, 0.25) is 0 Å². The lowest BCUT2D eigenvalue weighted by Crippen LogP contribution is -2.29. The molecule has 0 aromatic carbocycles. The van der Waals surface area contributed by atoms with Crippen LogP contribution in [0.3, 0.4) is 0 Å². The molecule has 0 aliphatic heterocycles.